The van der Waals surface area contributed by atoms with Crippen LogP contribution in [-0.4, -0.2) is 53.0 Å². The number of anilines is 1. The van der Waals surface area contributed by atoms with E-state index < -0.39 is 16.0 Å². The van der Waals surface area contributed by atoms with Gasteiger partial charge in [-0.15, -0.1) is 0 Å². The minimum atomic E-state index is -3.56. The van der Waals surface area contributed by atoms with E-state index in [0.29, 0.717) is 12.3 Å². The summed E-state index contributed by atoms with van der Waals surface area (Å²) in [7, 11) is 1.03. The summed E-state index contributed by atoms with van der Waals surface area (Å²) in [6.07, 6.45) is 0. The van der Waals surface area contributed by atoms with Gasteiger partial charge in [0.1, 0.15) is 11.4 Å². The van der Waals surface area contributed by atoms with Gasteiger partial charge in [0.25, 0.3) is 0 Å². The molecule has 1 aromatic rings. The second-order valence-electron chi connectivity index (χ2n) is 4.42. The Morgan fingerprint density at radius 3 is 2.35 bits per heavy atom. The Morgan fingerprint density at radius 1 is 1.20 bits per heavy atom. The molecular formula is C13H20N2O4S. The first-order chi connectivity index (χ1) is 9.30. The third-order valence-corrected chi connectivity index (χ3v) is 4.57. The number of carbonyl (C=O) groups is 1. The van der Waals surface area contributed by atoms with E-state index in [1.54, 1.807) is 37.1 Å². The highest BCUT2D eigenvalue weighted by atomic mass is 32.2. The maximum atomic E-state index is 12.3. The van der Waals surface area contributed by atoms with Crippen LogP contribution in [0.25, 0.3) is 0 Å². The highest BCUT2D eigenvalue weighted by Crippen LogP contribution is 2.25. The number of benzene rings is 1. The van der Waals surface area contributed by atoms with Crippen molar-refractivity contribution >= 4 is 21.7 Å². The normalized spacial score (nSPS) is 11.4. The van der Waals surface area contributed by atoms with Gasteiger partial charge in [-0.1, -0.05) is 12.1 Å². The molecule has 0 heterocycles. The van der Waals surface area contributed by atoms with Gasteiger partial charge >= 0.3 is 5.97 Å². The van der Waals surface area contributed by atoms with Gasteiger partial charge in [-0.3, -0.25) is 4.79 Å². The molecule has 0 fully saturated rings. The van der Waals surface area contributed by atoms with Crippen molar-refractivity contribution in [1.82, 2.24) is 4.31 Å². The van der Waals surface area contributed by atoms with Gasteiger partial charge in [-0.2, -0.15) is 0 Å². The van der Waals surface area contributed by atoms with E-state index in [0.717, 1.165) is 4.31 Å². The zero-order chi connectivity index (χ0) is 15.3. The Bertz CT molecular complexity index is 569. The summed E-state index contributed by atoms with van der Waals surface area (Å²) in [4.78, 5) is 13.2. The molecule has 7 heteroatoms. The Labute approximate surface area is 120 Å². The lowest BCUT2D eigenvalue weighted by Crippen LogP contribution is -2.30. The van der Waals surface area contributed by atoms with E-state index in [4.69, 9.17) is 4.74 Å². The summed E-state index contributed by atoms with van der Waals surface area (Å²) in [6, 6.07) is 6.56. The molecule has 0 unspecified atom stereocenters. The molecule has 0 N–H and O–H groups in total. The second-order valence-corrected chi connectivity index (χ2v) is 6.54. The van der Waals surface area contributed by atoms with Crippen molar-refractivity contribution in [2.24, 2.45) is 0 Å². The predicted octanol–water partition coefficient (Wildman–Crippen LogP) is 0.936. The fraction of sp³-hybridized carbons (Fsp3) is 0.462. The topological polar surface area (TPSA) is 66.9 Å². The van der Waals surface area contributed by atoms with Crippen molar-refractivity contribution in [3.8, 4) is 0 Å². The first-order valence-electron chi connectivity index (χ1n) is 6.19. The molecule has 0 amide bonds. The molecule has 0 aliphatic heterocycles. The second kappa shape index (κ2) is 6.71. The van der Waals surface area contributed by atoms with Gasteiger partial charge in [-0.05, 0) is 19.1 Å². The van der Waals surface area contributed by atoms with Crippen LogP contribution in [0.3, 0.4) is 0 Å². The van der Waals surface area contributed by atoms with Crippen molar-refractivity contribution < 1.29 is 17.9 Å². The van der Waals surface area contributed by atoms with Crippen molar-refractivity contribution in [1.29, 1.82) is 0 Å². The number of sulfonamides is 1. The number of carbonyl (C=O) groups excluding carboxylic acids is 1. The average molecular weight is 300 g/mol. The number of likely N-dealkylation sites (N-methyl/N-ethyl adjacent to an activating group) is 1. The molecule has 0 spiro atoms. The number of esters is 1. The average Bonchev–Trinajstić information content (AvgIpc) is 2.38. The predicted molar refractivity (Wildman–Crippen MR) is 77.2 cm³/mol. The number of hydrogen-bond donors (Lipinski definition) is 0. The molecule has 0 aliphatic rings. The maximum Gasteiger partial charge on any atom is 0.325 e. The largest absolute Gasteiger partial charge is 0.465 e. The molecule has 6 nitrogen and oxygen atoms in total. The highest BCUT2D eigenvalue weighted by molar-refractivity contribution is 7.89. The van der Waals surface area contributed by atoms with Crippen LogP contribution < -0.4 is 4.90 Å². The third-order valence-electron chi connectivity index (χ3n) is 2.71. The van der Waals surface area contributed by atoms with E-state index in [1.807, 2.05) is 0 Å². The number of nitrogens with zero attached hydrogens (tertiary/aromatic N) is 2. The standard InChI is InChI=1S/C13H20N2O4S/c1-5-19-13(16)10-15(4)11-8-6-7-9-12(11)20(17,18)14(2)3/h6-9H,5,10H2,1-4H3. The van der Waals surface area contributed by atoms with Crippen LogP contribution in [0.15, 0.2) is 29.2 Å². The molecule has 0 aliphatic carbocycles. The number of para-hydroxylation sites is 1. The molecule has 0 saturated heterocycles. The number of rotatable bonds is 6. The van der Waals surface area contributed by atoms with Crippen LogP contribution in [-0.2, 0) is 19.6 Å². The van der Waals surface area contributed by atoms with Crippen LogP contribution in [0.2, 0.25) is 0 Å². The van der Waals surface area contributed by atoms with Crippen molar-refractivity contribution in [3.63, 3.8) is 0 Å². The van der Waals surface area contributed by atoms with Gasteiger partial charge < -0.3 is 9.64 Å². The Kier molecular flexibility index (Phi) is 5.52. The van der Waals surface area contributed by atoms with Crippen LogP contribution in [0, 0.1) is 0 Å². The van der Waals surface area contributed by atoms with Crippen LogP contribution in [0.4, 0.5) is 5.69 Å². The highest BCUT2D eigenvalue weighted by Gasteiger charge is 2.23. The minimum absolute atomic E-state index is 0.00615. The van der Waals surface area contributed by atoms with Crippen molar-refractivity contribution in [2.45, 2.75) is 11.8 Å². The van der Waals surface area contributed by atoms with E-state index in [9.17, 15) is 13.2 Å². The van der Waals surface area contributed by atoms with Crippen LogP contribution in [0.5, 0.6) is 0 Å². The molecule has 20 heavy (non-hydrogen) atoms. The fourth-order valence-corrected chi connectivity index (χ4v) is 2.80. The molecule has 1 rings (SSSR count). The monoisotopic (exact) mass is 300 g/mol. The molecular weight excluding hydrogens is 280 g/mol. The lowest BCUT2D eigenvalue weighted by atomic mass is 10.3. The van der Waals surface area contributed by atoms with E-state index in [1.165, 1.54) is 20.2 Å². The molecule has 0 aromatic heterocycles. The summed E-state index contributed by atoms with van der Waals surface area (Å²) < 4.78 is 30.5. The van der Waals surface area contributed by atoms with Crippen LogP contribution in [0.1, 0.15) is 6.92 Å². The van der Waals surface area contributed by atoms with Gasteiger partial charge in [0.15, 0.2) is 0 Å². The number of hydrogen-bond acceptors (Lipinski definition) is 5. The molecule has 0 saturated carbocycles. The first-order valence-corrected chi connectivity index (χ1v) is 7.63. The zero-order valence-electron chi connectivity index (χ0n) is 12.2. The summed E-state index contributed by atoms with van der Waals surface area (Å²) in [5.74, 6) is -0.396. The smallest absolute Gasteiger partial charge is 0.325 e. The SMILES string of the molecule is CCOC(=O)CN(C)c1ccccc1S(=O)(=O)N(C)C. The van der Waals surface area contributed by atoms with E-state index in [2.05, 4.69) is 0 Å². The fourth-order valence-electron chi connectivity index (χ4n) is 1.67. The summed E-state index contributed by atoms with van der Waals surface area (Å²) in [5, 5.41) is 0. The van der Waals surface area contributed by atoms with Gasteiger partial charge in [0, 0.05) is 21.1 Å². The summed E-state index contributed by atoms with van der Waals surface area (Å²) in [5.41, 5.74) is 0.467. The van der Waals surface area contributed by atoms with Gasteiger partial charge in [-0.25, -0.2) is 12.7 Å². The summed E-state index contributed by atoms with van der Waals surface area (Å²) in [6.45, 7) is 2.01. The molecule has 0 bridgehead atoms. The number of ether oxygens (including phenoxy) is 1. The Balaban J connectivity index is 3.11. The quantitative estimate of drug-likeness (QED) is 0.731. The van der Waals surface area contributed by atoms with Gasteiger partial charge in [0.05, 0.1) is 12.3 Å². The minimum Gasteiger partial charge on any atom is -0.465 e. The lowest BCUT2D eigenvalue weighted by molar-refractivity contribution is -0.141. The molecule has 0 atom stereocenters. The van der Waals surface area contributed by atoms with Crippen LogP contribution >= 0.6 is 0 Å². The lowest BCUT2D eigenvalue weighted by Gasteiger charge is -2.22. The maximum absolute atomic E-state index is 12.3. The third kappa shape index (κ3) is 3.71. The Hall–Kier alpha value is -1.60. The molecule has 112 valence electrons. The van der Waals surface area contributed by atoms with E-state index >= 15 is 0 Å². The molecule has 0 radical (unpaired) electrons. The van der Waals surface area contributed by atoms with Crippen molar-refractivity contribution in [3.05, 3.63) is 24.3 Å². The zero-order valence-corrected chi connectivity index (χ0v) is 13.0. The van der Waals surface area contributed by atoms with E-state index in [-0.39, 0.29) is 11.4 Å². The van der Waals surface area contributed by atoms with Gasteiger partial charge in [0.2, 0.25) is 10.0 Å². The Morgan fingerprint density at radius 2 is 1.80 bits per heavy atom. The summed E-state index contributed by atoms with van der Waals surface area (Å²) >= 11 is 0. The first kappa shape index (κ1) is 16.5. The molecule has 1 aromatic carbocycles. The van der Waals surface area contributed by atoms with Crippen molar-refractivity contribution in [2.75, 3.05) is 39.2 Å².